The molecule has 2 aliphatic heterocycles. The van der Waals surface area contributed by atoms with Crippen molar-refractivity contribution < 1.29 is 18.0 Å². The van der Waals surface area contributed by atoms with Crippen LogP contribution in [0.25, 0.3) is 0 Å². The van der Waals surface area contributed by atoms with Gasteiger partial charge in [0.25, 0.3) is 5.91 Å². The molecule has 2 atom stereocenters. The van der Waals surface area contributed by atoms with Gasteiger partial charge in [0.1, 0.15) is 4.90 Å². The highest BCUT2D eigenvalue weighted by molar-refractivity contribution is 7.89. The number of amides is 2. The van der Waals surface area contributed by atoms with E-state index in [-0.39, 0.29) is 39.3 Å². The number of hydrogen-bond donors (Lipinski definition) is 1. The predicted molar refractivity (Wildman–Crippen MR) is 125 cm³/mol. The van der Waals surface area contributed by atoms with Crippen molar-refractivity contribution in [1.82, 2.24) is 14.5 Å². The largest absolute Gasteiger partial charge is 0.356 e. The van der Waals surface area contributed by atoms with E-state index in [1.807, 2.05) is 6.92 Å². The van der Waals surface area contributed by atoms with Gasteiger partial charge in [-0.1, -0.05) is 31.4 Å². The summed E-state index contributed by atoms with van der Waals surface area (Å²) in [5.41, 5.74) is 0.281. The van der Waals surface area contributed by atoms with Crippen LogP contribution in [-0.4, -0.2) is 61.7 Å². The van der Waals surface area contributed by atoms with E-state index in [0.717, 1.165) is 44.9 Å². The van der Waals surface area contributed by atoms with Gasteiger partial charge in [-0.05, 0) is 57.2 Å². The Kier molecular flexibility index (Phi) is 8.58. The van der Waals surface area contributed by atoms with Gasteiger partial charge >= 0.3 is 0 Å². The lowest BCUT2D eigenvalue weighted by atomic mass is 9.92. The molecule has 2 aliphatic rings. The standard InChI is InChI=1S/C23H34ClN3O4S/c1-3-4-12-25-22(28)19-9-8-17(2)27(16-19)23(29)18-10-11-20(24)21(15-18)32(30,31)26-13-6-5-7-14-26/h10-11,15,17,19H,3-9,12-14,16H2,1-2H3,(H,25,28). The number of benzene rings is 1. The average molecular weight is 484 g/mol. The van der Waals surface area contributed by atoms with Gasteiger partial charge in [-0.25, -0.2) is 8.42 Å². The van der Waals surface area contributed by atoms with Crippen LogP contribution in [0.2, 0.25) is 5.02 Å². The minimum Gasteiger partial charge on any atom is -0.356 e. The van der Waals surface area contributed by atoms with Crippen LogP contribution in [0.4, 0.5) is 0 Å². The SMILES string of the molecule is CCCCNC(=O)C1CCC(C)N(C(=O)c2ccc(Cl)c(S(=O)(=O)N3CCCCC3)c2)C1. The first-order valence-corrected chi connectivity index (χ1v) is 13.5. The monoisotopic (exact) mass is 483 g/mol. The molecule has 2 heterocycles. The second-order valence-corrected chi connectivity index (χ2v) is 11.1. The van der Waals surface area contributed by atoms with Gasteiger partial charge in [-0.2, -0.15) is 4.31 Å². The molecule has 0 aromatic heterocycles. The number of sulfonamides is 1. The summed E-state index contributed by atoms with van der Waals surface area (Å²) in [6, 6.07) is 4.42. The van der Waals surface area contributed by atoms with Crippen LogP contribution >= 0.6 is 11.6 Å². The molecule has 32 heavy (non-hydrogen) atoms. The van der Waals surface area contributed by atoms with Gasteiger partial charge in [0.15, 0.2) is 0 Å². The number of nitrogens with one attached hydrogen (secondary N) is 1. The van der Waals surface area contributed by atoms with Gasteiger partial charge in [-0.3, -0.25) is 9.59 Å². The summed E-state index contributed by atoms with van der Waals surface area (Å²) in [7, 11) is -3.76. The van der Waals surface area contributed by atoms with E-state index in [9.17, 15) is 18.0 Å². The Morgan fingerprint density at radius 2 is 1.88 bits per heavy atom. The third-order valence-electron chi connectivity index (χ3n) is 6.45. The summed E-state index contributed by atoms with van der Waals surface area (Å²) in [4.78, 5) is 27.6. The number of piperidine rings is 2. The fraction of sp³-hybridized carbons (Fsp3) is 0.652. The average Bonchev–Trinajstić information content (AvgIpc) is 2.79. The van der Waals surface area contributed by atoms with E-state index < -0.39 is 10.0 Å². The van der Waals surface area contributed by atoms with Crippen LogP contribution < -0.4 is 5.32 Å². The summed E-state index contributed by atoms with van der Waals surface area (Å²) >= 11 is 6.26. The molecule has 3 rings (SSSR count). The molecule has 0 radical (unpaired) electrons. The number of carbonyl (C=O) groups excluding carboxylic acids is 2. The molecule has 0 spiro atoms. The first kappa shape index (κ1) is 25.0. The second kappa shape index (κ2) is 11.0. The Bertz CT molecular complexity index is 931. The molecule has 7 nitrogen and oxygen atoms in total. The Morgan fingerprint density at radius 3 is 2.56 bits per heavy atom. The summed E-state index contributed by atoms with van der Waals surface area (Å²) < 4.78 is 27.8. The van der Waals surface area contributed by atoms with E-state index in [1.165, 1.54) is 16.4 Å². The zero-order valence-electron chi connectivity index (χ0n) is 19.0. The molecule has 1 aromatic rings. The van der Waals surface area contributed by atoms with Gasteiger partial charge in [0.05, 0.1) is 10.9 Å². The Hall–Kier alpha value is -1.64. The van der Waals surface area contributed by atoms with E-state index >= 15 is 0 Å². The normalized spacial score (nSPS) is 22.5. The van der Waals surface area contributed by atoms with Crippen molar-refractivity contribution in [2.75, 3.05) is 26.2 Å². The van der Waals surface area contributed by atoms with E-state index in [1.54, 1.807) is 11.0 Å². The summed E-state index contributed by atoms with van der Waals surface area (Å²) in [5, 5.41) is 3.08. The second-order valence-electron chi connectivity index (χ2n) is 8.84. The molecule has 2 saturated heterocycles. The van der Waals surface area contributed by atoms with Crippen LogP contribution in [0, 0.1) is 5.92 Å². The van der Waals surface area contributed by atoms with Gasteiger partial charge in [-0.15, -0.1) is 0 Å². The molecular formula is C23H34ClN3O4S. The molecule has 1 aromatic carbocycles. The zero-order chi connectivity index (χ0) is 23.3. The first-order valence-electron chi connectivity index (χ1n) is 11.6. The number of unbranched alkanes of at least 4 members (excludes halogenated alkanes) is 1. The topological polar surface area (TPSA) is 86.8 Å². The van der Waals surface area contributed by atoms with Crippen molar-refractivity contribution in [3.05, 3.63) is 28.8 Å². The fourth-order valence-corrected chi connectivity index (χ4v) is 6.40. The molecule has 9 heteroatoms. The van der Waals surface area contributed by atoms with Crippen molar-refractivity contribution in [2.24, 2.45) is 5.92 Å². The van der Waals surface area contributed by atoms with Gasteiger partial charge in [0, 0.05) is 37.8 Å². The molecule has 0 bridgehead atoms. The van der Waals surface area contributed by atoms with Crippen LogP contribution in [-0.2, 0) is 14.8 Å². The first-order chi connectivity index (χ1) is 15.3. The highest BCUT2D eigenvalue weighted by atomic mass is 35.5. The summed E-state index contributed by atoms with van der Waals surface area (Å²) in [6.45, 7) is 5.94. The highest BCUT2D eigenvalue weighted by Gasteiger charge is 2.34. The van der Waals surface area contributed by atoms with E-state index in [2.05, 4.69) is 12.2 Å². The molecule has 178 valence electrons. The number of halogens is 1. The Balaban J connectivity index is 1.79. The Labute approximate surface area is 196 Å². The molecule has 0 saturated carbocycles. The number of likely N-dealkylation sites (tertiary alicyclic amines) is 1. The molecular weight excluding hydrogens is 450 g/mol. The highest BCUT2D eigenvalue weighted by Crippen LogP contribution is 2.30. The maximum atomic E-state index is 13.3. The lowest BCUT2D eigenvalue weighted by Crippen LogP contribution is -2.49. The van der Waals surface area contributed by atoms with E-state index in [4.69, 9.17) is 11.6 Å². The summed E-state index contributed by atoms with van der Waals surface area (Å²) in [5.74, 6) is -0.543. The van der Waals surface area contributed by atoms with E-state index in [0.29, 0.717) is 26.2 Å². The minimum absolute atomic E-state index is 0.0207. The maximum absolute atomic E-state index is 13.3. The Morgan fingerprint density at radius 1 is 1.16 bits per heavy atom. The predicted octanol–water partition coefficient (Wildman–Crippen LogP) is 3.67. The molecule has 2 fully saturated rings. The third-order valence-corrected chi connectivity index (χ3v) is 8.83. The number of nitrogens with zero attached hydrogens (tertiary/aromatic N) is 2. The van der Waals surface area contributed by atoms with Crippen molar-refractivity contribution in [3.63, 3.8) is 0 Å². The number of hydrogen-bond acceptors (Lipinski definition) is 4. The maximum Gasteiger partial charge on any atom is 0.254 e. The number of carbonyl (C=O) groups is 2. The van der Waals surface area contributed by atoms with Crippen LogP contribution in [0.15, 0.2) is 23.1 Å². The molecule has 1 N–H and O–H groups in total. The number of rotatable bonds is 7. The summed E-state index contributed by atoms with van der Waals surface area (Å²) in [6.07, 6.45) is 6.05. The van der Waals surface area contributed by atoms with Crippen molar-refractivity contribution in [3.8, 4) is 0 Å². The zero-order valence-corrected chi connectivity index (χ0v) is 20.6. The molecule has 2 amide bonds. The van der Waals surface area contributed by atoms with Crippen molar-refractivity contribution >= 4 is 33.4 Å². The minimum atomic E-state index is -3.76. The third kappa shape index (κ3) is 5.64. The smallest absolute Gasteiger partial charge is 0.254 e. The molecule has 0 aliphatic carbocycles. The quantitative estimate of drug-likeness (QED) is 0.599. The van der Waals surface area contributed by atoms with Crippen LogP contribution in [0.3, 0.4) is 0 Å². The van der Waals surface area contributed by atoms with Crippen LogP contribution in [0.1, 0.15) is 69.2 Å². The van der Waals surface area contributed by atoms with Crippen molar-refractivity contribution in [2.45, 2.75) is 69.7 Å². The van der Waals surface area contributed by atoms with Gasteiger partial charge in [0.2, 0.25) is 15.9 Å². The lowest BCUT2D eigenvalue weighted by molar-refractivity contribution is -0.126. The molecule has 2 unspecified atom stereocenters. The van der Waals surface area contributed by atoms with Gasteiger partial charge < -0.3 is 10.2 Å². The van der Waals surface area contributed by atoms with Crippen LogP contribution in [0.5, 0.6) is 0 Å². The fourth-order valence-electron chi connectivity index (χ4n) is 4.38. The lowest BCUT2D eigenvalue weighted by Gasteiger charge is -2.37. The van der Waals surface area contributed by atoms with Crippen molar-refractivity contribution in [1.29, 1.82) is 0 Å².